The molecule has 20 heavy (non-hydrogen) atoms. The summed E-state index contributed by atoms with van der Waals surface area (Å²) >= 11 is 6.10. The van der Waals surface area contributed by atoms with Crippen molar-refractivity contribution in [1.82, 2.24) is 4.98 Å². The molecule has 0 fully saturated rings. The number of hydrogen-bond acceptors (Lipinski definition) is 1. The summed E-state index contributed by atoms with van der Waals surface area (Å²) in [5, 5.41) is 4.28. The van der Waals surface area contributed by atoms with Gasteiger partial charge in [-0.25, -0.2) is 0 Å². The minimum atomic E-state index is -0.171. The van der Waals surface area contributed by atoms with Crippen LogP contribution >= 0.6 is 11.6 Å². The molecule has 1 aromatic heterocycles. The van der Waals surface area contributed by atoms with E-state index in [2.05, 4.69) is 10.3 Å². The van der Waals surface area contributed by atoms with Gasteiger partial charge in [0.2, 0.25) is 0 Å². The normalized spacial score (nSPS) is 10.7. The first-order valence-electron chi connectivity index (χ1n) is 6.29. The smallest absolute Gasteiger partial charge is 0.257 e. The fourth-order valence-corrected chi connectivity index (χ4v) is 2.35. The monoisotopic (exact) mass is 284 g/mol. The number of carbonyl (C=O) groups is 1. The van der Waals surface area contributed by atoms with Crippen LogP contribution in [0.25, 0.3) is 10.9 Å². The van der Waals surface area contributed by atoms with Gasteiger partial charge in [0.15, 0.2) is 0 Å². The van der Waals surface area contributed by atoms with Gasteiger partial charge in [0.05, 0.1) is 16.3 Å². The van der Waals surface area contributed by atoms with E-state index in [1.807, 2.05) is 43.3 Å². The number of amides is 1. The number of H-pyrrole nitrogens is 1. The molecule has 0 saturated heterocycles. The van der Waals surface area contributed by atoms with Crippen LogP contribution in [0.15, 0.2) is 48.7 Å². The average Bonchev–Trinajstić information content (AvgIpc) is 2.87. The molecule has 0 spiro atoms. The number of aromatic amines is 1. The number of nitrogens with one attached hydrogen (secondary N) is 2. The quantitative estimate of drug-likeness (QED) is 0.720. The van der Waals surface area contributed by atoms with Gasteiger partial charge in [-0.1, -0.05) is 35.9 Å². The number of carbonyl (C=O) groups excluding carboxylic acids is 1. The highest BCUT2D eigenvalue weighted by molar-refractivity contribution is 6.34. The van der Waals surface area contributed by atoms with Crippen LogP contribution < -0.4 is 5.32 Å². The second-order valence-corrected chi connectivity index (χ2v) is 5.09. The molecule has 0 saturated carbocycles. The maximum atomic E-state index is 12.4. The zero-order chi connectivity index (χ0) is 14.1. The van der Waals surface area contributed by atoms with Gasteiger partial charge in [0.1, 0.15) is 0 Å². The number of aromatic nitrogens is 1. The van der Waals surface area contributed by atoms with Crippen LogP contribution in [0.3, 0.4) is 0 Å². The predicted molar refractivity (Wildman–Crippen MR) is 82.4 cm³/mol. The number of fused-ring (bicyclic) bond motifs is 1. The van der Waals surface area contributed by atoms with E-state index in [0.29, 0.717) is 16.3 Å². The van der Waals surface area contributed by atoms with Crippen molar-refractivity contribution in [3.63, 3.8) is 0 Å². The van der Waals surface area contributed by atoms with Crippen molar-refractivity contribution in [2.24, 2.45) is 0 Å². The average molecular weight is 285 g/mol. The first-order chi connectivity index (χ1) is 9.65. The van der Waals surface area contributed by atoms with Crippen molar-refractivity contribution in [1.29, 1.82) is 0 Å². The summed E-state index contributed by atoms with van der Waals surface area (Å²) in [6.45, 7) is 1.96. The Morgan fingerprint density at radius 1 is 1.20 bits per heavy atom. The molecule has 4 heteroatoms. The van der Waals surface area contributed by atoms with E-state index >= 15 is 0 Å². The zero-order valence-electron chi connectivity index (χ0n) is 10.9. The number of aryl methyl sites for hydroxylation is 1. The summed E-state index contributed by atoms with van der Waals surface area (Å²) in [5.74, 6) is -0.171. The molecule has 0 aliphatic rings. The number of halogens is 1. The second kappa shape index (κ2) is 5.02. The van der Waals surface area contributed by atoms with E-state index < -0.39 is 0 Å². The Kier molecular flexibility index (Phi) is 3.20. The van der Waals surface area contributed by atoms with Gasteiger partial charge in [0, 0.05) is 17.1 Å². The second-order valence-electron chi connectivity index (χ2n) is 4.69. The van der Waals surface area contributed by atoms with Gasteiger partial charge < -0.3 is 10.3 Å². The standard InChI is InChI=1S/C16H13ClN2O/c1-10-6-7-13(17)15(8-10)19-16(20)12-9-18-14-5-3-2-4-11(12)14/h2-9,18H,1H3,(H,19,20). The summed E-state index contributed by atoms with van der Waals surface area (Å²) in [6, 6.07) is 13.2. The van der Waals surface area contributed by atoms with Crippen LogP contribution in [0.1, 0.15) is 15.9 Å². The van der Waals surface area contributed by atoms with E-state index in [9.17, 15) is 4.79 Å². The van der Waals surface area contributed by atoms with Crippen LogP contribution in [0.2, 0.25) is 5.02 Å². The van der Waals surface area contributed by atoms with Gasteiger partial charge in [-0.05, 0) is 30.7 Å². The number of para-hydroxylation sites is 1. The molecule has 100 valence electrons. The van der Waals surface area contributed by atoms with Crippen LogP contribution in [0, 0.1) is 6.92 Å². The molecule has 0 unspecified atom stereocenters. The largest absolute Gasteiger partial charge is 0.360 e. The lowest BCUT2D eigenvalue weighted by atomic mass is 10.1. The highest BCUT2D eigenvalue weighted by Crippen LogP contribution is 2.25. The minimum Gasteiger partial charge on any atom is -0.360 e. The van der Waals surface area contributed by atoms with E-state index in [0.717, 1.165) is 16.5 Å². The molecule has 2 aromatic carbocycles. The SMILES string of the molecule is Cc1ccc(Cl)c(NC(=O)c2c[nH]c3ccccc23)c1. The van der Waals surface area contributed by atoms with Crippen LogP contribution in [0.4, 0.5) is 5.69 Å². The number of anilines is 1. The fraction of sp³-hybridized carbons (Fsp3) is 0.0625. The topological polar surface area (TPSA) is 44.9 Å². The minimum absolute atomic E-state index is 0.171. The van der Waals surface area contributed by atoms with E-state index in [1.54, 1.807) is 12.3 Å². The third-order valence-electron chi connectivity index (χ3n) is 3.20. The molecule has 3 nitrogen and oxygen atoms in total. The molecule has 3 aromatic rings. The van der Waals surface area contributed by atoms with E-state index in [4.69, 9.17) is 11.6 Å². The Bertz CT molecular complexity index is 792. The third-order valence-corrected chi connectivity index (χ3v) is 3.53. The van der Waals surface area contributed by atoms with Crippen LogP contribution in [-0.2, 0) is 0 Å². The van der Waals surface area contributed by atoms with Crippen molar-refractivity contribution < 1.29 is 4.79 Å². The Balaban J connectivity index is 1.95. The molecular formula is C16H13ClN2O. The summed E-state index contributed by atoms with van der Waals surface area (Å²) in [5.41, 5.74) is 3.22. The molecule has 0 bridgehead atoms. The Morgan fingerprint density at radius 3 is 2.85 bits per heavy atom. The number of hydrogen-bond donors (Lipinski definition) is 2. The lowest BCUT2D eigenvalue weighted by molar-refractivity contribution is 0.102. The maximum absolute atomic E-state index is 12.4. The first kappa shape index (κ1) is 12.8. The fourth-order valence-electron chi connectivity index (χ4n) is 2.18. The number of benzene rings is 2. The Hall–Kier alpha value is -2.26. The van der Waals surface area contributed by atoms with Gasteiger partial charge in [-0.15, -0.1) is 0 Å². The third kappa shape index (κ3) is 2.28. The molecule has 1 amide bonds. The van der Waals surface area contributed by atoms with Crippen molar-refractivity contribution in [3.8, 4) is 0 Å². The molecule has 0 atom stereocenters. The molecular weight excluding hydrogens is 272 g/mol. The summed E-state index contributed by atoms with van der Waals surface area (Å²) in [4.78, 5) is 15.4. The van der Waals surface area contributed by atoms with Gasteiger partial charge in [-0.3, -0.25) is 4.79 Å². The molecule has 2 N–H and O–H groups in total. The van der Waals surface area contributed by atoms with Crippen LogP contribution in [0.5, 0.6) is 0 Å². The first-order valence-corrected chi connectivity index (χ1v) is 6.66. The molecule has 1 heterocycles. The Morgan fingerprint density at radius 2 is 2.00 bits per heavy atom. The zero-order valence-corrected chi connectivity index (χ0v) is 11.7. The van der Waals surface area contributed by atoms with Crippen molar-refractivity contribution in [3.05, 3.63) is 64.8 Å². The van der Waals surface area contributed by atoms with Gasteiger partial charge in [-0.2, -0.15) is 0 Å². The molecule has 0 radical (unpaired) electrons. The summed E-state index contributed by atoms with van der Waals surface area (Å²) in [7, 11) is 0. The lowest BCUT2D eigenvalue weighted by Gasteiger charge is -2.07. The van der Waals surface area contributed by atoms with Gasteiger partial charge >= 0.3 is 0 Å². The number of rotatable bonds is 2. The highest BCUT2D eigenvalue weighted by atomic mass is 35.5. The van der Waals surface area contributed by atoms with E-state index in [-0.39, 0.29) is 5.91 Å². The van der Waals surface area contributed by atoms with Crippen molar-refractivity contribution >= 4 is 34.1 Å². The summed E-state index contributed by atoms with van der Waals surface area (Å²) in [6.07, 6.45) is 1.71. The molecule has 0 aliphatic carbocycles. The highest BCUT2D eigenvalue weighted by Gasteiger charge is 2.13. The lowest BCUT2D eigenvalue weighted by Crippen LogP contribution is -2.11. The molecule has 0 aliphatic heterocycles. The van der Waals surface area contributed by atoms with Gasteiger partial charge in [0.25, 0.3) is 5.91 Å². The van der Waals surface area contributed by atoms with Crippen molar-refractivity contribution in [2.45, 2.75) is 6.92 Å². The summed E-state index contributed by atoms with van der Waals surface area (Å²) < 4.78 is 0. The van der Waals surface area contributed by atoms with Crippen LogP contribution in [-0.4, -0.2) is 10.9 Å². The van der Waals surface area contributed by atoms with Crippen molar-refractivity contribution in [2.75, 3.05) is 5.32 Å². The molecule has 3 rings (SSSR count). The Labute approximate surface area is 121 Å². The predicted octanol–water partition coefficient (Wildman–Crippen LogP) is 4.38. The maximum Gasteiger partial charge on any atom is 0.257 e. The van der Waals surface area contributed by atoms with E-state index in [1.165, 1.54) is 0 Å².